The van der Waals surface area contributed by atoms with E-state index in [4.69, 9.17) is 0 Å². The van der Waals surface area contributed by atoms with E-state index in [0.29, 0.717) is 18.0 Å². The summed E-state index contributed by atoms with van der Waals surface area (Å²) in [5, 5.41) is 9.70. The molecule has 5 heteroatoms. The van der Waals surface area contributed by atoms with Crippen LogP contribution in [0.1, 0.15) is 46.5 Å². The summed E-state index contributed by atoms with van der Waals surface area (Å²) >= 11 is 0. The third kappa shape index (κ3) is 4.06. The Morgan fingerprint density at radius 1 is 1.04 bits per heavy atom. The van der Waals surface area contributed by atoms with Crippen molar-refractivity contribution in [3.05, 3.63) is 22.4 Å². The van der Waals surface area contributed by atoms with Gasteiger partial charge in [0.1, 0.15) is 0 Å². The van der Waals surface area contributed by atoms with Gasteiger partial charge >= 0.3 is 0 Å². The van der Waals surface area contributed by atoms with Gasteiger partial charge in [0.15, 0.2) is 0 Å². The molecule has 0 spiro atoms. The maximum Gasteiger partial charge on any atom is 0.0732 e. The topological polar surface area (TPSA) is 24.1 Å². The standard InChI is InChI=1S/C22H42N2P2Si/c1-21(2,3)20-16(27(4,5)6)13-15(14-25)19(20)22(26,17-9-7-11-23-17)18-10-8-12-24-18/h13,17-18,20,23-24H,7-12,14,25-26H2,1-6H3. The van der Waals surface area contributed by atoms with Crippen LogP contribution in [0.25, 0.3) is 0 Å². The summed E-state index contributed by atoms with van der Waals surface area (Å²) in [4.78, 5) is 0. The highest BCUT2D eigenvalue weighted by molar-refractivity contribution is 7.20. The Balaban J connectivity index is 2.16. The molecule has 0 aromatic heterocycles. The summed E-state index contributed by atoms with van der Waals surface area (Å²) in [5.74, 6) is 0.571. The Hall–Kier alpha value is 0.477. The Kier molecular flexibility index (Phi) is 6.53. The Bertz CT molecular complexity index is 599. The van der Waals surface area contributed by atoms with Crippen LogP contribution in [0.2, 0.25) is 19.6 Å². The van der Waals surface area contributed by atoms with Crippen molar-refractivity contribution in [3.63, 3.8) is 0 Å². The molecule has 0 saturated carbocycles. The summed E-state index contributed by atoms with van der Waals surface area (Å²) in [7, 11) is 5.08. The third-order valence-corrected chi connectivity index (χ3v) is 10.7. The average Bonchev–Trinajstić information content (AvgIpc) is 3.32. The molecule has 3 aliphatic rings. The lowest BCUT2D eigenvalue weighted by atomic mass is 9.68. The zero-order chi connectivity index (χ0) is 20.0. The normalized spacial score (nSPS) is 32.1. The largest absolute Gasteiger partial charge is 0.313 e. The predicted molar refractivity (Wildman–Crippen MR) is 130 cm³/mol. The van der Waals surface area contributed by atoms with Gasteiger partial charge in [-0.2, -0.15) is 0 Å². The van der Waals surface area contributed by atoms with Gasteiger partial charge in [0.05, 0.1) is 8.07 Å². The second-order valence-electron chi connectivity index (χ2n) is 11.0. The van der Waals surface area contributed by atoms with Gasteiger partial charge in [0.25, 0.3) is 0 Å². The first-order chi connectivity index (χ1) is 12.5. The van der Waals surface area contributed by atoms with Crippen LogP contribution < -0.4 is 10.6 Å². The van der Waals surface area contributed by atoms with Crippen molar-refractivity contribution >= 4 is 26.6 Å². The van der Waals surface area contributed by atoms with Crippen LogP contribution in [0.4, 0.5) is 0 Å². The number of allylic oxidation sites excluding steroid dienone is 3. The van der Waals surface area contributed by atoms with Crippen LogP contribution in [-0.2, 0) is 0 Å². The first kappa shape index (κ1) is 22.2. The fourth-order valence-corrected chi connectivity index (χ4v) is 9.05. The first-order valence-electron chi connectivity index (χ1n) is 10.9. The number of rotatable bonds is 5. The van der Waals surface area contributed by atoms with Gasteiger partial charge in [-0.15, -0.1) is 18.5 Å². The summed E-state index contributed by atoms with van der Waals surface area (Å²) < 4.78 is 0. The van der Waals surface area contributed by atoms with Crippen molar-refractivity contribution in [3.8, 4) is 0 Å². The van der Waals surface area contributed by atoms with Gasteiger partial charge < -0.3 is 10.6 Å². The molecule has 5 atom stereocenters. The highest BCUT2D eigenvalue weighted by atomic mass is 31.0. The molecule has 2 nitrogen and oxygen atoms in total. The van der Waals surface area contributed by atoms with E-state index in [-0.39, 0.29) is 10.6 Å². The number of hydrogen-bond acceptors (Lipinski definition) is 2. The van der Waals surface area contributed by atoms with Gasteiger partial charge in [-0.25, -0.2) is 0 Å². The molecule has 154 valence electrons. The highest BCUT2D eigenvalue weighted by Gasteiger charge is 2.54. The molecule has 0 bridgehead atoms. The maximum atomic E-state index is 3.91. The molecule has 3 rings (SSSR count). The van der Waals surface area contributed by atoms with E-state index < -0.39 is 8.07 Å². The van der Waals surface area contributed by atoms with Gasteiger partial charge in [0.2, 0.25) is 0 Å². The predicted octanol–water partition coefficient (Wildman–Crippen LogP) is 4.76. The lowest BCUT2D eigenvalue weighted by Crippen LogP contribution is -2.58. The zero-order valence-electron chi connectivity index (χ0n) is 18.4. The van der Waals surface area contributed by atoms with Gasteiger partial charge in [-0.3, -0.25) is 0 Å². The monoisotopic (exact) mass is 424 g/mol. The highest BCUT2D eigenvalue weighted by Crippen LogP contribution is 2.56. The summed E-state index contributed by atoms with van der Waals surface area (Å²) in [6, 6.07) is 1.14. The van der Waals surface area contributed by atoms with Crippen LogP contribution in [0.15, 0.2) is 22.4 Å². The molecule has 0 amide bonds. The summed E-state index contributed by atoms with van der Waals surface area (Å²) in [5.41, 5.74) is 3.60. The smallest absolute Gasteiger partial charge is 0.0732 e. The van der Waals surface area contributed by atoms with Crippen LogP contribution >= 0.6 is 18.5 Å². The average molecular weight is 425 g/mol. The number of nitrogens with one attached hydrogen (secondary N) is 2. The van der Waals surface area contributed by atoms with Crippen molar-refractivity contribution in [2.24, 2.45) is 11.3 Å². The van der Waals surface area contributed by atoms with Gasteiger partial charge in [0, 0.05) is 23.2 Å². The molecule has 2 saturated heterocycles. The molecule has 0 radical (unpaired) electrons. The third-order valence-electron chi connectivity index (χ3n) is 6.97. The summed E-state index contributed by atoms with van der Waals surface area (Å²) in [6.45, 7) is 17.3. The number of hydrogen-bond donors (Lipinski definition) is 2. The second-order valence-corrected chi connectivity index (χ2v) is 17.5. The zero-order valence-corrected chi connectivity index (χ0v) is 21.7. The van der Waals surface area contributed by atoms with Crippen LogP contribution in [0.3, 0.4) is 0 Å². The molecular weight excluding hydrogens is 382 g/mol. The van der Waals surface area contributed by atoms with Crippen LogP contribution in [0, 0.1) is 11.3 Å². The quantitative estimate of drug-likeness (QED) is 0.491. The second kappa shape index (κ2) is 7.96. The first-order valence-corrected chi connectivity index (χ1v) is 15.8. The van der Waals surface area contributed by atoms with Crippen molar-refractivity contribution in [1.82, 2.24) is 10.6 Å². The van der Waals surface area contributed by atoms with Crippen molar-refractivity contribution in [2.75, 3.05) is 19.3 Å². The molecule has 5 unspecified atom stereocenters. The molecular formula is C22H42N2P2Si. The van der Waals surface area contributed by atoms with Gasteiger partial charge in [-0.1, -0.05) is 51.7 Å². The SMILES string of the molecule is CC(C)(C)C1C([Si](C)(C)C)=CC(CP)=C1C(P)(C1CCCN1)C1CCCN1. The lowest BCUT2D eigenvalue weighted by Gasteiger charge is -2.49. The fraction of sp³-hybridized carbons (Fsp3) is 0.818. The maximum absolute atomic E-state index is 3.91. The molecule has 1 aliphatic carbocycles. The molecule has 0 aromatic carbocycles. The van der Waals surface area contributed by atoms with E-state index in [1.807, 2.05) is 0 Å². The molecule has 2 aliphatic heterocycles. The Morgan fingerprint density at radius 2 is 1.56 bits per heavy atom. The minimum atomic E-state index is -1.39. The molecule has 0 aromatic rings. The van der Waals surface area contributed by atoms with Crippen molar-refractivity contribution < 1.29 is 0 Å². The van der Waals surface area contributed by atoms with E-state index in [1.165, 1.54) is 38.8 Å². The van der Waals surface area contributed by atoms with Crippen molar-refractivity contribution in [1.29, 1.82) is 0 Å². The molecule has 2 heterocycles. The van der Waals surface area contributed by atoms with E-state index in [0.717, 1.165) is 6.16 Å². The lowest BCUT2D eigenvalue weighted by molar-refractivity contribution is 0.282. The van der Waals surface area contributed by atoms with Crippen LogP contribution in [0.5, 0.6) is 0 Å². The molecule has 27 heavy (non-hydrogen) atoms. The minimum absolute atomic E-state index is 0.120. The minimum Gasteiger partial charge on any atom is -0.313 e. The molecule has 2 fully saturated rings. The van der Waals surface area contributed by atoms with E-state index >= 15 is 0 Å². The van der Waals surface area contributed by atoms with Crippen molar-refractivity contribution in [2.45, 2.75) is 83.3 Å². The molecule has 2 N–H and O–H groups in total. The fourth-order valence-electron chi connectivity index (χ4n) is 5.74. The van der Waals surface area contributed by atoms with Crippen LogP contribution in [-0.4, -0.2) is 44.6 Å². The van der Waals surface area contributed by atoms with E-state index in [9.17, 15) is 0 Å². The Morgan fingerprint density at radius 3 is 1.89 bits per heavy atom. The van der Waals surface area contributed by atoms with Gasteiger partial charge in [-0.05, 0) is 61.5 Å². The van der Waals surface area contributed by atoms with E-state index in [1.54, 1.807) is 16.3 Å². The van der Waals surface area contributed by atoms with E-state index in [2.05, 4.69) is 75.6 Å². The summed E-state index contributed by atoms with van der Waals surface area (Å²) in [6.07, 6.45) is 8.93. The Labute approximate surface area is 173 Å².